The van der Waals surface area contributed by atoms with E-state index in [0.717, 1.165) is 0 Å². The predicted molar refractivity (Wildman–Crippen MR) is 59.2 cm³/mol. The van der Waals surface area contributed by atoms with Crippen LogP contribution in [-0.4, -0.2) is 37.4 Å². The molecule has 2 heterocycles. The molecule has 7 nitrogen and oxygen atoms in total. The van der Waals surface area contributed by atoms with Gasteiger partial charge in [0.2, 0.25) is 5.95 Å². The standard InChI is InChI=1S/C9H12FN5O2/c10-5(1-2-16)3-15-4-12-6-7(15)13-9(11)14-8(6)17/h4-5,16H,1-3H2,(H3,11,13,14,17). The maximum Gasteiger partial charge on any atom is 0.280 e. The van der Waals surface area contributed by atoms with Gasteiger partial charge >= 0.3 is 0 Å². The van der Waals surface area contributed by atoms with Crippen molar-refractivity contribution in [3.8, 4) is 0 Å². The van der Waals surface area contributed by atoms with Crippen molar-refractivity contribution in [1.29, 1.82) is 0 Å². The number of H-pyrrole nitrogens is 1. The van der Waals surface area contributed by atoms with E-state index in [1.807, 2.05) is 0 Å². The number of hydrogen-bond acceptors (Lipinski definition) is 5. The van der Waals surface area contributed by atoms with E-state index in [1.54, 1.807) is 0 Å². The van der Waals surface area contributed by atoms with Crippen LogP contribution in [0, 0.1) is 0 Å². The Labute approximate surface area is 95.1 Å². The number of nitrogens with two attached hydrogens (primary N) is 1. The van der Waals surface area contributed by atoms with Crippen LogP contribution < -0.4 is 11.3 Å². The van der Waals surface area contributed by atoms with Gasteiger partial charge in [0.1, 0.15) is 6.17 Å². The second-order valence-electron chi connectivity index (χ2n) is 3.63. The van der Waals surface area contributed by atoms with Gasteiger partial charge in [-0.2, -0.15) is 4.98 Å². The summed E-state index contributed by atoms with van der Waals surface area (Å²) < 4.78 is 14.7. The Kier molecular flexibility index (Phi) is 3.05. The summed E-state index contributed by atoms with van der Waals surface area (Å²) in [5.41, 5.74) is 5.31. The maximum atomic E-state index is 13.3. The Balaban J connectivity index is 2.39. The van der Waals surface area contributed by atoms with Crippen molar-refractivity contribution in [1.82, 2.24) is 19.5 Å². The number of alkyl halides is 1. The molecular formula is C9H12FN5O2. The van der Waals surface area contributed by atoms with Crippen molar-refractivity contribution in [2.24, 2.45) is 0 Å². The number of aromatic nitrogens is 4. The minimum atomic E-state index is -1.22. The average Bonchev–Trinajstić information content (AvgIpc) is 2.62. The van der Waals surface area contributed by atoms with Crippen molar-refractivity contribution < 1.29 is 9.50 Å². The molecule has 17 heavy (non-hydrogen) atoms. The molecule has 2 aromatic rings. The number of nitrogens with zero attached hydrogens (tertiary/aromatic N) is 3. The summed E-state index contributed by atoms with van der Waals surface area (Å²) in [5.74, 6) is -0.0400. The van der Waals surface area contributed by atoms with Gasteiger partial charge < -0.3 is 15.4 Å². The molecule has 0 saturated carbocycles. The van der Waals surface area contributed by atoms with Crippen LogP contribution in [0.2, 0.25) is 0 Å². The number of nitrogen functional groups attached to an aromatic ring is 1. The highest BCUT2D eigenvalue weighted by Crippen LogP contribution is 2.09. The van der Waals surface area contributed by atoms with Crippen molar-refractivity contribution in [2.45, 2.75) is 19.1 Å². The van der Waals surface area contributed by atoms with E-state index in [-0.39, 0.29) is 36.7 Å². The molecule has 0 aliphatic carbocycles. The monoisotopic (exact) mass is 241 g/mol. The Morgan fingerprint density at radius 2 is 2.41 bits per heavy atom. The number of halogens is 1. The number of anilines is 1. The molecule has 0 aliphatic rings. The van der Waals surface area contributed by atoms with Crippen LogP contribution >= 0.6 is 0 Å². The molecule has 2 aromatic heterocycles. The van der Waals surface area contributed by atoms with Crippen LogP contribution in [0.5, 0.6) is 0 Å². The quantitative estimate of drug-likeness (QED) is 0.663. The third-order valence-electron chi connectivity index (χ3n) is 2.33. The highest BCUT2D eigenvalue weighted by Gasteiger charge is 2.13. The summed E-state index contributed by atoms with van der Waals surface area (Å²) in [5, 5.41) is 8.61. The molecule has 0 amide bonds. The van der Waals surface area contributed by atoms with Gasteiger partial charge in [-0.1, -0.05) is 0 Å². The van der Waals surface area contributed by atoms with Crippen LogP contribution in [0.3, 0.4) is 0 Å². The van der Waals surface area contributed by atoms with Crippen molar-refractivity contribution in [3.63, 3.8) is 0 Å². The van der Waals surface area contributed by atoms with Gasteiger partial charge in [0.05, 0.1) is 12.9 Å². The minimum Gasteiger partial charge on any atom is -0.396 e. The van der Waals surface area contributed by atoms with E-state index >= 15 is 0 Å². The Hall–Kier alpha value is -1.96. The number of aliphatic hydroxyl groups excluding tert-OH is 1. The molecule has 0 fully saturated rings. The Bertz CT molecular complexity index is 578. The van der Waals surface area contributed by atoms with Gasteiger partial charge in [0.15, 0.2) is 11.2 Å². The number of imidazole rings is 1. The topological polar surface area (TPSA) is 110 Å². The smallest absolute Gasteiger partial charge is 0.280 e. The molecule has 8 heteroatoms. The lowest BCUT2D eigenvalue weighted by molar-refractivity contribution is 0.205. The number of hydrogen-bond donors (Lipinski definition) is 3. The van der Waals surface area contributed by atoms with Crippen LogP contribution in [0.25, 0.3) is 11.2 Å². The molecule has 92 valence electrons. The fourth-order valence-electron chi connectivity index (χ4n) is 1.55. The summed E-state index contributed by atoms with van der Waals surface area (Å²) in [4.78, 5) is 21.5. The first-order valence-electron chi connectivity index (χ1n) is 5.07. The van der Waals surface area contributed by atoms with Crippen LogP contribution in [0.15, 0.2) is 11.1 Å². The number of fused-ring (bicyclic) bond motifs is 1. The fraction of sp³-hybridized carbons (Fsp3) is 0.444. The van der Waals surface area contributed by atoms with Gasteiger partial charge in [0, 0.05) is 13.0 Å². The van der Waals surface area contributed by atoms with E-state index in [9.17, 15) is 9.18 Å². The number of nitrogens with one attached hydrogen (secondary N) is 1. The van der Waals surface area contributed by atoms with Crippen LogP contribution in [0.1, 0.15) is 6.42 Å². The highest BCUT2D eigenvalue weighted by atomic mass is 19.1. The third-order valence-corrected chi connectivity index (χ3v) is 2.33. The fourth-order valence-corrected chi connectivity index (χ4v) is 1.55. The Morgan fingerprint density at radius 1 is 1.65 bits per heavy atom. The largest absolute Gasteiger partial charge is 0.396 e. The summed E-state index contributed by atoms with van der Waals surface area (Å²) in [7, 11) is 0. The average molecular weight is 241 g/mol. The lowest BCUT2D eigenvalue weighted by Crippen LogP contribution is -2.15. The van der Waals surface area contributed by atoms with Crippen molar-refractivity contribution >= 4 is 17.1 Å². The first-order chi connectivity index (χ1) is 8.11. The Morgan fingerprint density at radius 3 is 3.12 bits per heavy atom. The lowest BCUT2D eigenvalue weighted by Gasteiger charge is -2.07. The van der Waals surface area contributed by atoms with E-state index in [4.69, 9.17) is 10.8 Å². The number of rotatable bonds is 4. The number of aliphatic hydroxyl groups is 1. The molecule has 0 aromatic carbocycles. The molecule has 0 aliphatic heterocycles. The summed E-state index contributed by atoms with van der Waals surface area (Å²) in [6, 6.07) is 0. The molecule has 1 atom stereocenters. The zero-order valence-electron chi connectivity index (χ0n) is 8.93. The second-order valence-corrected chi connectivity index (χ2v) is 3.63. The normalized spacial score (nSPS) is 13.1. The number of aromatic amines is 1. The predicted octanol–water partition coefficient (Wildman–Crippen LogP) is -0.578. The molecule has 0 saturated heterocycles. The first kappa shape index (κ1) is 11.5. The molecule has 0 radical (unpaired) electrons. The van der Waals surface area contributed by atoms with Gasteiger partial charge in [-0.3, -0.25) is 9.78 Å². The maximum absolute atomic E-state index is 13.3. The summed E-state index contributed by atoms with van der Waals surface area (Å²) in [6.45, 7) is -0.253. The van der Waals surface area contributed by atoms with E-state index < -0.39 is 11.7 Å². The van der Waals surface area contributed by atoms with Crippen LogP contribution in [-0.2, 0) is 6.54 Å². The van der Waals surface area contributed by atoms with Gasteiger partial charge in [-0.25, -0.2) is 9.37 Å². The van der Waals surface area contributed by atoms with Crippen molar-refractivity contribution in [2.75, 3.05) is 12.3 Å². The van der Waals surface area contributed by atoms with E-state index in [2.05, 4.69) is 15.0 Å². The molecule has 4 N–H and O–H groups in total. The molecule has 0 spiro atoms. The lowest BCUT2D eigenvalue weighted by atomic mass is 10.3. The second kappa shape index (κ2) is 4.50. The van der Waals surface area contributed by atoms with Gasteiger partial charge in [-0.05, 0) is 0 Å². The van der Waals surface area contributed by atoms with Gasteiger partial charge in [-0.15, -0.1) is 0 Å². The summed E-state index contributed by atoms with van der Waals surface area (Å²) in [6.07, 6.45) is 0.133. The summed E-state index contributed by atoms with van der Waals surface area (Å²) >= 11 is 0. The van der Waals surface area contributed by atoms with E-state index in [0.29, 0.717) is 0 Å². The van der Waals surface area contributed by atoms with E-state index in [1.165, 1.54) is 10.9 Å². The molecule has 2 rings (SSSR count). The van der Waals surface area contributed by atoms with Gasteiger partial charge in [0.25, 0.3) is 5.56 Å². The zero-order chi connectivity index (χ0) is 12.4. The zero-order valence-corrected chi connectivity index (χ0v) is 8.93. The molecule has 1 unspecified atom stereocenters. The molecular weight excluding hydrogens is 229 g/mol. The SMILES string of the molecule is Nc1nc2c(ncn2CC(F)CCO)c(=O)[nH]1. The highest BCUT2D eigenvalue weighted by molar-refractivity contribution is 5.70. The minimum absolute atomic E-state index is 0.0209. The first-order valence-corrected chi connectivity index (χ1v) is 5.07. The third kappa shape index (κ3) is 2.26. The van der Waals surface area contributed by atoms with Crippen LogP contribution in [0.4, 0.5) is 10.3 Å². The van der Waals surface area contributed by atoms with Crippen molar-refractivity contribution in [3.05, 3.63) is 16.7 Å². The molecule has 0 bridgehead atoms.